The number of hydrogen-bond acceptors (Lipinski definition) is 5. The van der Waals surface area contributed by atoms with Crippen molar-refractivity contribution in [1.29, 1.82) is 0 Å². The monoisotopic (exact) mass is 489 g/mol. The van der Waals surface area contributed by atoms with Crippen molar-refractivity contribution >= 4 is 27.5 Å². The number of amides is 2. The lowest BCUT2D eigenvalue weighted by Gasteiger charge is -2.33. The number of benzene rings is 2. The lowest BCUT2D eigenvalue weighted by atomic mass is 10.1. The first kappa shape index (κ1) is 27.2. The van der Waals surface area contributed by atoms with Gasteiger partial charge in [0.2, 0.25) is 21.8 Å². The van der Waals surface area contributed by atoms with Crippen molar-refractivity contribution in [3.63, 3.8) is 0 Å². The molecule has 34 heavy (non-hydrogen) atoms. The number of hydrogen-bond donors (Lipinski definition) is 1. The van der Waals surface area contributed by atoms with E-state index < -0.39 is 28.5 Å². The van der Waals surface area contributed by atoms with Crippen LogP contribution in [0.25, 0.3) is 0 Å². The Kier molecular flexibility index (Phi) is 9.92. The van der Waals surface area contributed by atoms with Crippen LogP contribution in [-0.4, -0.2) is 64.2 Å². The predicted molar refractivity (Wildman–Crippen MR) is 135 cm³/mol. The molecule has 1 atom stereocenters. The average Bonchev–Trinajstić information content (AvgIpc) is 2.80. The molecule has 0 fully saturated rings. The number of carbonyl (C=O) groups excluding carboxylic acids is 2. The first-order valence-corrected chi connectivity index (χ1v) is 13.2. The molecular formula is C25H35N3O5S. The zero-order valence-electron chi connectivity index (χ0n) is 20.6. The molecule has 0 saturated carbocycles. The van der Waals surface area contributed by atoms with Gasteiger partial charge in [-0.2, -0.15) is 0 Å². The Balaban J connectivity index is 2.42. The van der Waals surface area contributed by atoms with Gasteiger partial charge >= 0.3 is 0 Å². The summed E-state index contributed by atoms with van der Waals surface area (Å²) in [7, 11) is -2.37. The molecule has 2 aromatic carbocycles. The third-order valence-electron chi connectivity index (χ3n) is 5.50. The number of ether oxygens (including phenoxy) is 1. The third-order valence-corrected chi connectivity index (χ3v) is 6.63. The largest absolute Gasteiger partial charge is 0.495 e. The smallest absolute Gasteiger partial charge is 0.244 e. The predicted octanol–water partition coefficient (Wildman–Crippen LogP) is 2.76. The molecule has 9 heteroatoms. The first-order valence-electron chi connectivity index (χ1n) is 11.4. The highest BCUT2D eigenvalue weighted by atomic mass is 32.2. The fourth-order valence-electron chi connectivity index (χ4n) is 3.78. The maximum Gasteiger partial charge on any atom is 0.244 e. The van der Waals surface area contributed by atoms with Gasteiger partial charge in [-0.3, -0.25) is 13.9 Å². The topological polar surface area (TPSA) is 96.0 Å². The van der Waals surface area contributed by atoms with Crippen LogP contribution < -0.4 is 14.4 Å². The zero-order chi connectivity index (χ0) is 25.3. The Morgan fingerprint density at radius 3 is 2.32 bits per heavy atom. The number of rotatable bonds is 12. The molecule has 8 nitrogen and oxygen atoms in total. The van der Waals surface area contributed by atoms with Gasteiger partial charge in [-0.05, 0) is 49.9 Å². The summed E-state index contributed by atoms with van der Waals surface area (Å²) in [5.41, 5.74) is 2.13. The maximum atomic E-state index is 13.6. The quantitative estimate of drug-likeness (QED) is 0.495. The molecule has 0 aliphatic heterocycles. The standard InChI is InChI=1S/C25H35N3O5S/c1-6-21(25(30)26-7-2)27(16-15-20-11-9-8-10-12-20)24(29)18-28(34(5,31)32)22-17-19(3)13-14-23(22)33-4/h8-14,17,21H,6-7,15-16,18H2,1-5H3,(H,26,30). The van der Waals surface area contributed by atoms with E-state index in [4.69, 9.17) is 4.74 Å². The second-order valence-corrected chi connectivity index (χ2v) is 9.99. The molecule has 2 rings (SSSR count). The van der Waals surface area contributed by atoms with Crippen molar-refractivity contribution in [3.8, 4) is 5.75 Å². The molecule has 0 spiro atoms. The number of nitrogens with one attached hydrogen (secondary N) is 1. The Morgan fingerprint density at radius 1 is 1.09 bits per heavy atom. The summed E-state index contributed by atoms with van der Waals surface area (Å²) < 4.78 is 31.9. The lowest BCUT2D eigenvalue weighted by molar-refractivity contribution is -0.139. The van der Waals surface area contributed by atoms with Crippen LogP contribution in [0.15, 0.2) is 48.5 Å². The van der Waals surface area contributed by atoms with E-state index in [0.29, 0.717) is 25.1 Å². The van der Waals surface area contributed by atoms with Crippen LogP contribution in [0.3, 0.4) is 0 Å². The summed E-state index contributed by atoms with van der Waals surface area (Å²) in [6.45, 7) is 5.76. The van der Waals surface area contributed by atoms with Crippen LogP contribution in [0, 0.1) is 6.92 Å². The van der Waals surface area contributed by atoms with Gasteiger partial charge in [-0.25, -0.2) is 8.42 Å². The van der Waals surface area contributed by atoms with Crippen molar-refractivity contribution in [3.05, 3.63) is 59.7 Å². The Labute approximate surface area is 202 Å². The fraction of sp³-hybridized carbons (Fsp3) is 0.440. The van der Waals surface area contributed by atoms with Gasteiger partial charge < -0.3 is 15.0 Å². The van der Waals surface area contributed by atoms with Crippen LogP contribution in [0.2, 0.25) is 0 Å². The molecule has 0 radical (unpaired) electrons. The molecule has 0 bridgehead atoms. The number of sulfonamides is 1. The molecule has 2 amide bonds. The first-order chi connectivity index (χ1) is 16.1. The molecule has 1 N–H and O–H groups in total. The molecule has 0 aliphatic carbocycles. The highest BCUT2D eigenvalue weighted by molar-refractivity contribution is 7.92. The number of methoxy groups -OCH3 is 1. The van der Waals surface area contributed by atoms with Gasteiger partial charge in [0.25, 0.3) is 0 Å². The van der Waals surface area contributed by atoms with E-state index in [9.17, 15) is 18.0 Å². The molecule has 0 aliphatic rings. The SMILES string of the molecule is CCNC(=O)C(CC)N(CCc1ccccc1)C(=O)CN(c1cc(C)ccc1OC)S(C)(=O)=O. The van der Waals surface area contributed by atoms with Crippen LogP contribution in [0.1, 0.15) is 31.4 Å². The van der Waals surface area contributed by atoms with E-state index in [1.54, 1.807) is 18.2 Å². The molecule has 0 heterocycles. The minimum absolute atomic E-state index is 0.259. The summed E-state index contributed by atoms with van der Waals surface area (Å²) in [4.78, 5) is 27.8. The molecular weight excluding hydrogens is 454 g/mol. The Bertz CT molecular complexity index is 1070. The minimum atomic E-state index is -3.82. The van der Waals surface area contributed by atoms with Gasteiger partial charge in [-0.1, -0.05) is 43.3 Å². The number of anilines is 1. The van der Waals surface area contributed by atoms with Gasteiger partial charge in [0.05, 0.1) is 19.1 Å². The summed E-state index contributed by atoms with van der Waals surface area (Å²) in [6.07, 6.45) is 1.99. The van der Waals surface area contributed by atoms with Crippen molar-refractivity contribution < 1.29 is 22.7 Å². The fourth-order valence-corrected chi connectivity index (χ4v) is 4.62. The number of aryl methyl sites for hydroxylation is 1. The van der Waals surface area contributed by atoms with Crippen molar-refractivity contribution in [1.82, 2.24) is 10.2 Å². The molecule has 186 valence electrons. The summed E-state index contributed by atoms with van der Waals surface area (Å²) in [6, 6.07) is 14.1. The van der Waals surface area contributed by atoms with E-state index in [1.807, 2.05) is 51.1 Å². The normalized spacial score (nSPS) is 12.0. The third kappa shape index (κ3) is 7.21. The molecule has 2 aromatic rings. The van der Waals surface area contributed by atoms with Crippen LogP contribution in [-0.2, 0) is 26.0 Å². The summed E-state index contributed by atoms with van der Waals surface area (Å²) >= 11 is 0. The minimum Gasteiger partial charge on any atom is -0.495 e. The van der Waals surface area contributed by atoms with Gasteiger partial charge in [0.15, 0.2) is 0 Å². The number of carbonyl (C=O) groups is 2. The number of nitrogens with zero attached hydrogens (tertiary/aromatic N) is 2. The van der Waals surface area contributed by atoms with E-state index >= 15 is 0 Å². The highest BCUT2D eigenvalue weighted by Gasteiger charge is 2.32. The molecule has 0 aromatic heterocycles. The summed E-state index contributed by atoms with van der Waals surface area (Å²) in [5.74, 6) is -0.371. The second kappa shape index (κ2) is 12.4. The van der Waals surface area contributed by atoms with E-state index in [0.717, 1.165) is 21.7 Å². The average molecular weight is 490 g/mol. The number of likely N-dealkylation sites (N-methyl/N-ethyl adjacent to an activating group) is 1. The molecule has 0 saturated heterocycles. The van der Waals surface area contributed by atoms with Crippen molar-refractivity contribution in [2.45, 2.75) is 39.7 Å². The van der Waals surface area contributed by atoms with E-state index in [1.165, 1.54) is 12.0 Å². The second-order valence-electron chi connectivity index (χ2n) is 8.09. The van der Waals surface area contributed by atoms with Gasteiger partial charge in [0, 0.05) is 13.1 Å². The van der Waals surface area contributed by atoms with Crippen molar-refractivity contribution in [2.75, 3.05) is 37.3 Å². The van der Waals surface area contributed by atoms with E-state index in [2.05, 4.69) is 5.32 Å². The van der Waals surface area contributed by atoms with Crippen molar-refractivity contribution in [2.24, 2.45) is 0 Å². The summed E-state index contributed by atoms with van der Waals surface area (Å²) in [5, 5.41) is 2.79. The highest BCUT2D eigenvalue weighted by Crippen LogP contribution is 2.31. The molecule has 1 unspecified atom stereocenters. The van der Waals surface area contributed by atoms with Gasteiger partial charge in [0.1, 0.15) is 18.3 Å². The Hall–Kier alpha value is -3.07. The zero-order valence-corrected chi connectivity index (χ0v) is 21.4. The Morgan fingerprint density at radius 2 is 1.76 bits per heavy atom. The van der Waals surface area contributed by atoms with Gasteiger partial charge in [-0.15, -0.1) is 0 Å². The van der Waals surface area contributed by atoms with Crippen LogP contribution in [0.4, 0.5) is 5.69 Å². The van der Waals surface area contributed by atoms with E-state index in [-0.39, 0.29) is 18.1 Å². The van der Waals surface area contributed by atoms with Crippen LogP contribution in [0.5, 0.6) is 5.75 Å². The lowest BCUT2D eigenvalue weighted by Crippen LogP contribution is -2.53. The van der Waals surface area contributed by atoms with Crippen LogP contribution >= 0.6 is 0 Å². The maximum absolute atomic E-state index is 13.6.